The number of aliphatic imine (C=N–C) groups is 1. The van der Waals surface area contributed by atoms with Crippen LogP contribution in [0.5, 0.6) is 0 Å². The van der Waals surface area contributed by atoms with Crippen LogP contribution < -0.4 is 15.8 Å². The van der Waals surface area contributed by atoms with Crippen LogP contribution in [0.25, 0.3) is 0 Å². The SMILES string of the molecule is CN=C(NCc1ccc(S(N)(=O)=O)s1)NCc1ccccc1C. The van der Waals surface area contributed by atoms with Crippen molar-refractivity contribution in [3.05, 3.63) is 52.4 Å². The number of sulfonamides is 1. The van der Waals surface area contributed by atoms with Gasteiger partial charge in [-0.05, 0) is 30.2 Å². The van der Waals surface area contributed by atoms with Crippen molar-refractivity contribution in [1.82, 2.24) is 10.6 Å². The normalized spacial score (nSPS) is 12.2. The van der Waals surface area contributed by atoms with Crippen molar-refractivity contribution in [2.75, 3.05) is 7.05 Å². The van der Waals surface area contributed by atoms with E-state index in [-0.39, 0.29) is 4.21 Å². The van der Waals surface area contributed by atoms with Crippen LogP contribution >= 0.6 is 11.3 Å². The van der Waals surface area contributed by atoms with Gasteiger partial charge in [0.1, 0.15) is 4.21 Å². The van der Waals surface area contributed by atoms with E-state index in [2.05, 4.69) is 34.7 Å². The topological polar surface area (TPSA) is 96.6 Å². The highest BCUT2D eigenvalue weighted by Gasteiger charge is 2.11. The second-order valence-corrected chi connectivity index (χ2v) is 7.93. The zero-order valence-electron chi connectivity index (χ0n) is 13.0. The molecule has 0 unspecified atom stereocenters. The molecule has 23 heavy (non-hydrogen) atoms. The quantitative estimate of drug-likeness (QED) is 0.562. The summed E-state index contributed by atoms with van der Waals surface area (Å²) in [6, 6.07) is 11.4. The maximum atomic E-state index is 11.3. The van der Waals surface area contributed by atoms with Crippen LogP contribution in [0.1, 0.15) is 16.0 Å². The summed E-state index contributed by atoms with van der Waals surface area (Å²) in [5, 5.41) is 11.5. The molecule has 0 radical (unpaired) electrons. The van der Waals surface area contributed by atoms with Crippen LogP contribution in [0.15, 0.2) is 45.6 Å². The first-order chi connectivity index (χ1) is 10.9. The van der Waals surface area contributed by atoms with E-state index in [9.17, 15) is 8.42 Å². The summed E-state index contributed by atoms with van der Waals surface area (Å²) in [5.74, 6) is 0.652. The molecule has 124 valence electrons. The first-order valence-corrected chi connectivity index (χ1v) is 9.37. The van der Waals surface area contributed by atoms with Gasteiger partial charge in [0.05, 0.1) is 6.54 Å². The van der Waals surface area contributed by atoms with E-state index in [1.165, 1.54) is 17.2 Å². The zero-order chi connectivity index (χ0) is 16.9. The Morgan fingerprint density at radius 2 is 1.87 bits per heavy atom. The van der Waals surface area contributed by atoms with E-state index in [0.717, 1.165) is 16.2 Å². The van der Waals surface area contributed by atoms with Gasteiger partial charge in [-0.3, -0.25) is 4.99 Å². The molecule has 0 atom stereocenters. The van der Waals surface area contributed by atoms with Gasteiger partial charge in [-0.25, -0.2) is 13.6 Å². The van der Waals surface area contributed by atoms with Gasteiger partial charge in [-0.2, -0.15) is 0 Å². The molecule has 6 nitrogen and oxygen atoms in total. The summed E-state index contributed by atoms with van der Waals surface area (Å²) < 4.78 is 22.7. The summed E-state index contributed by atoms with van der Waals surface area (Å²) >= 11 is 1.15. The van der Waals surface area contributed by atoms with Crippen molar-refractivity contribution in [2.45, 2.75) is 24.2 Å². The molecular formula is C15H20N4O2S2. The van der Waals surface area contributed by atoms with Crippen LogP contribution in [-0.2, 0) is 23.1 Å². The third-order valence-electron chi connectivity index (χ3n) is 3.28. The minimum atomic E-state index is -3.63. The predicted octanol–water partition coefficient (Wildman–Crippen LogP) is 1.57. The van der Waals surface area contributed by atoms with Crippen LogP contribution in [0, 0.1) is 6.92 Å². The van der Waals surface area contributed by atoms with Crippen molar-refractivity contribution in [2.24, 2.45) is 10.1 Å². The Kier molecular flexibility index (Phi) is 5.75. The molecule has 0 aliphatic carbocycles. The lowest BCUT2D eigenvalue weighted by Crippen LogP contribution is -2.36. The number of rotatable bonds is 5. The second-order valence-electron chi connectivity index (χ2n) is 4.97. The molecule has 0 aliphatic rings. The molecule has 8 heteroatoms. The number of nitrogens with two attached hydrogens (primary N) is 1. The van der Waals surface area contributed by atoms with Gasteiger partial charge in [-0.1, -0.05) is 24.3 Å². The third-order valence-corrected chi connectivity index (χ3v) is 5.80. The van der Waals surface area contributed by atoms with Crippen LogP contribution in [0.4, 0.5) is 0 Å². The lowest BCUT2D eigenvalue weighted by Gasteiger charge is -2.12. The molecule has 0 aliphatic heterocycles. The Bertz CT molecular complexity index is 797. The molecule has 0 fully saturated rings. The Labute approximate surface area is 140 Å². The maximum absolute atomic E-state index is 11.3. The molecule has 0 bridgehead atoms. The molecule has 0 spiro atoms. The predicted molar refractivity (Wildman–Crippen MR) is 93.9 cm³/mol. The van der Waals surface area contributed by atoms with E-state index in [0.29, 0.717) is 19.0 Å². The Balaban J connectivity index is 1.91. The van der Waals surface area contributed by atoms with Crippen molar-refractivity contribution >= 4 is 27.3 Å². The van der Waals surface area contributed by atoms with Gasteiger partial charge in [0.2, 0.25) is 10.0 Å². The van der Waals surface area contributed by atoms with Crippen LogP contribution in [0.3, 0.4) is 0 Å². The molecular weight excluding hydrogens is 332 g/mol. The third kappa shape index (κ3) is 5.05. The fourth-order valence-electron chi connectivity index (χ4n) is 1.98. The molecule has 2 rings (SSSR count). The number of hydrogen-bond acceptors (Lipinski definition) is 4. The number of primary sulfonamides is 1. The van der Waals surface area contributed by atoms with E-state index >= 15 is 0 Å². The number of benzene rings is 1. The van der Waals surface area contributed by atoms with Gasteiger partial charge in [0.15, 0.2) is 5.96 Å². The highest BCUT2D eigenvalue weighted by atomic mass is 32.2. The van der Waals surface area contributed by atoms with Crippen LogP contribution in [0.2, 0.25) is 0 Å². The van der Waals surface area contributed by atoms with Crippen molar-refractivity contribution in [3.8, 4) is 0 Å². The highest BCUT2D eigenvalue weighted by Crippen LogP contribution is 2.19. The van der Waals surface area contributed by atoms with E-state index < -0.39 is 10.0 Å². The molecule has 4 N–H and O–H groups in total. The monoisotopic (exact) mass is 352 g/mol. The van der Waals surface area contributed by atoms with Gasteiger partial charge in [-0.15, -0.1) is 11.3 Å². The number of nitrogens with one attached hydrogen (secondary N) is 2. The van der Waals surface area contributed by atoms with Crippen LogP contribution in [-0.4, -0.2) is 21.4 Å². The molecule has 0 saturated heterocycles. The molecule has 0 saturated carbocycles. The molecule has 0 amide bonds. The van der Waals surface area contributed by atoms with Crippen molar-refractivity contribution in [1.29, 1.82) is 0 Å². The van der Waals surface area contributed by atoms with Gasteiger partial charge < -0.3 is 10.6 Å². The van der Waals surface area contributed by atoms with Gasteiger partial charge >= 0.3 is 0 Å². The van der Waals surface area contributed by atoms with Gasteiger partial charge in [0.25, 0.3) is 0 Å². The highest BCUT2D eigenvalue weighted by molar-refractivity contribution is 7.91. The Hall–Kier alpha value is -1.90. The van der Waals surface area contributed by atoms with E-state index in [1.807, 2.05) is 12.1 Å². The molecule has 2 aromatic rings. The number of guanidine groups is 1. The average molecular weight is 352 g/mol. The zero-order valence-corrected chi connectivity index (χ0v) is 14.7. The molecule has 1 aromatic carbocycles. The van der Waals surface area contributed by atoms with E-state index in [1.54, 1.807) is 13.1 Å². The Morgan fingerprint density at radius 3 is 2.48 bits per heavy atom. The summed E-state index contributed by atoms with van der Waals surface area (Å²) in [7, 11) is -1.94. The standard InChI is InChI=1S/C15H20N4O2S2/c1-11-5-3-4-6-12(11)9-18-15(17-2)19-10-13-7-8-14(22-13)23(16,20)21/h3-8H,9-10H2,1-2H3,(H2,16,20,21)(H2,17,18,19). The summed E-state index contributed by atoms with van der Waals surface area (Å²) in [5.41, 5.74) is 2.41. The second kappa shape index (κ2) is 7.58. The smallest absolute Gasteiger partial charge is 0.247 e. The average Bonchev–Trinajstić information content (AvgIpc) is 2.98. The summed E-state index contributed by atoms with van der Waals surface area (Å²) in [4.78, 5) is 5.03. The lowest BCUT2D eigenvalue weighted by molar-refractivity contribution is 0.600. The molecule has 1 aromatic heterocycles. The maximum Gasteiger partial charge on any atom is 0.247 e. The fourth-order valence-corrected chi connectivity index (χ4v) is 3.70. The fraction of sp³-hybridized carbons (Fsp3) is 0.267. The number of thiophene rings is 1. The first-order valence-electron chi connectivity index (χ1n) is 7.00. The Morgan fingerprint density at radius 1 is 1.17 bits per heavy atom. The van der Waals surface area contributed by atoms with E-state index in [4.69, 9.17) is 5.14 Å². The van der Waals surface area contributed by atoms with Gasteiger partial charge in [0, 0.05) is 18.5 Å². The number of nitrogens with zero attached hydrogens (tertiary/aromatic N) is 1. The minimum Gasteiger partial charge on any atom is -0.352 e. The number of hydrogen-bond donors (Lipinski definition) is 3. The first kappa shape index (κ1) is 17.5. The lowest BCUT2D eigenvalue weighted by atomic mass is 10.1. The van der Waals surface area contributed by atoms with Crippen molar-refractivity contribution in [3.63, 3.8) is 0 Å². The largest absolute Gasteiger partial charge is 0.352 e. The molecule has 1 heterocycles. The summed E-state index contributed by atoms with van der Waals surface area (Å²) in [6.07, 6.45) is 0. The number of aryl methyl sites for hydroxylation is 1. The van der Waals surface area contributed by atoms with Crippen molar-refractivity contribution < 1.29 is 8.42 Å². The summed E-state index contributed by atoms with van der Waals surface area (Å²) in [6.45, 7) is 3.21. The minimum absolute atomic E-state index is 0.164.